The molecule has 2 heterocycles. The molecule has 1 aromatic heterocycles. The molecule has 19 heavy (non-hydrogen) atoms. The second-order valence-corrected chi connectivity index (χ2v) is 5.73. The highest BCUT2D eigenvalue weighted by molar-refractivity contribution is 7.10. The van der Waals surface area contributed by atoms with Crippen LogP contribution in [0.4, 0.5) is 5.69 Å². The summed E-state index contributed by atoms with van der Waals surface area (Å²) in [5.74, 6) is 1.63. The van der Waals surface area contributed by atoms with Gasteiger partial charge in [0.25, 0.3) is 0 Å². The van der Waals surface area contributed by atoms with Crippen molar-refractivity contribution in [2.75, 3.05) is 18.5 Å². The van der Waals surface area contributed by atoms with Gasteiger partial charge in [-0.05, 0) is 18.2 Å². The monoisotopic (exact) mass is 295 g/mol. The summed E-state index contributed by atoms with van der Waals surface area (Å²) in [6, 6.07) is 7.91. The molecule has 1 aromatic carbocycles. The van der Waals surface area contributed by atoms with Crippen LogP contribution in [-0.4, -0.2) is 13.2 Å². The van der Waals surface area contributed by atoms with Crippen LogP contribution in [-0.2, 0) is 6.54 Å². The van der Waals surface area contributed by atoms with Crippen molar-refractivity contribution in [3.05, 3.63) is 39.5 Å². The maximum Gasteiger partial charge on any atom is 0.163 e. The number of thiophene rings is 1. The Morgan fingerprint density at radius 1 is 1.16 bits per heavy atom. The molecule has 1 aliphatic heterocycles. The smallest absolute Gasteiger partial charge is 0.163 e. The van der Waals surface area contributed by atoms with Gasteiger partial charge in [-0.25, -0.2) is 0 Å². The highest BCUT2D eigenvalue weighted by atomic mass is 35.5. The first kappa shape index (κ1) is 12.6. The number of ether oxygens (including phenoxy) is 2. The molecule has 0 bridgehead atoms. The van der Waals surface area contributed by atoms with E-state index < -0.39 is 0 Å². The lowest BCUT2D eigenvalue weighted by Gasteiger charge is -2.10. The van der Waals surface area contributed by atoms with Crippen molar-refractivity contribution in [2.24, 2.45) is 0 Å². The van der Waals surface area contributed by atoms with E-state index in [-0.39, 0.29) is 0 Å². The molecule has 0 fully saturated rings. The van der Waals surface area contributed by atoms with Gasteiger partial charge in [-0.15, -0.1) is 11.3 Å². The van der Waals surface area contributed by atoms with Crippen molar-refractivity contribution >= 4 is 28.6 Å². The van der Waals surface area contributed by atoms with Crippen LogP contribution < -0.4 is 14.8 Å². The Balaban J connectivity index is 1.69. The van der Waals surface area contributed by atoms with Crippen molar-refractivity contribution in [2.45, 2.75) is 13.0 Å². The Morgan fingerprint density at radius 2 is 2.00 bits per heavy atom. The van der Waals surface area contributed by atoms with Gasteiger partial charge in [-0.2, -0.15) is 0 Å². The molecule has 0 saturated carbocycles. The second kappa shape index (κ2) is 5.72. The van der Waals surface area contributed by atoms with Gasteiger partial charge >= 0.3 is 0 Å². The van der Waals surface area contributed by atoms with Crippen molar-refractivity contribution in [1.29, 1.82) is 0 Å². The molecule has 0 atom stereocenters. The third-order valence-corrected chi connectivity index (χ3v) is 4.12. The fourth-order valence-electron chi connectivity index (χ4n) is 1.91. The van der Waals surface area contributed by atoms with E-state index in [4.69, 9.17) is 21.1 Å². The quantitative estimate of drug-likeness (QED) is 0.921. The molecule has 3 nitrogen and oxygen atoms in total. The zero-order valence-corrected chi connectivity index (χ0v) is 11.9. The van der Waals surface area contributed by atoms with Crippen molar-refractivity contribution in [3.63, 3.8) is 0 Å². The average Bonchev–Trinajstić information content (AvgIpc) is 2.70. The zero-order valence-electron chi connectivity index (χ0n) is 10.3. The maximum atomic E-state index is 5.90. The maximum absolute atomic E-state index is 5.90. The number of fused-ring (bicyclic) bond motifs is 1. The van der Waals surface area contributed by atoms with Gasteiger partial charge < -0.3 is 14.8 Å². The first-order chi connectivity index (χ1) is 9.31. The third-order valence-electron chi connectivity index (χ3n) is 2.84. The van der Waals surface area contributed by atoms with E-state index in [1.807, 2.05) is 29.6 Å². The lowest BCUT2D eigenvalue weighted by molar-refractivity contribution is 0.297. The van der Waals surface area contributed by atoms with Crippen LogP contribution >= 0.6 is 22.9 Å². The number of halogens is 1. The second-order valence-electron chi connectivity index (χ2n) is 4.30. The van der Waals surface area contributed by atoms with Gasteiger partial charge in [0, 0.05) is 35.0 Å². The summed E-state index contributed by atoms with van der Waals surface area (Å²) < 4.78 is 11.3. The summed E-state index contributed by atoms with van der Waals surface area (Å²) in [6.45, 7) is 2.18. The number of benzene rings is 1. The highest BCUT2D eigenvalue weighted by Crippen LogP contribution is 2.32. The molecule has 1 N–H and O–H groups in total. The van der Waals surface area contributed by atoms with E-state index in [1.54, 1.807) is 11.3 Å². The van der Waals surface area contributed by atoms with E-state index in [0.29, 0.717) is 13.2 Å². The van der Waals surface area contributed by atoms with Crippen molar-refractivity contribution in [1.82, 2.24) is 0 Å². The molecular weight excluding hydrogens is 282 g/mol. The summed E-state index contributed by atoms with van der Waals surface area (Å²) >= 11 is 7.55. The molecular formula is C14H14ClNO2S. The van der Waals surface area contributed by atoms with Gasteiger partial charge in [-0.1, -0.05) is 11.6 Å². The number of hydrogen-bond acceptors (Lipinski definition) is 4. The minimum atomic E-state index is 0.705. The van der Waals surface area contributed by atoms with Crippen molar-refractivity contribution in [3.8, 4) is 11.5 Å². The van der Waals surface area contributed by atoms with Crippen LogP contribution in [0, 0.1) is 0 Å². The highest BCUT2D eigenvalue weighted by Gasteiger charge is 2.10. The Bertz CT molecular complexity index is 570. The molecule has 0 radical (unpaired) electrons. The first-order valence-corrected chi connectivity index (χ1v) is 7.43. The van der Waals surface area contributed by atoms with Gasteiger partial charge in [0.2, 0.25) is 0 Å². The third kappa shape index (κ3) is 3.14. The predicted molar refractivity (Wildman–Crippen MR) is 78.7 cm³/mol. The zero-order chi connectivity index (χ0) is 13.1. The molecule has 0 spiro atoms. The van der Waals surface area contributed by atoms with Gasteiger partial charge in [0.1, 0.15) is 0 Å². The van der Waals surface area contributed by atoms with Gasteiger partial charge in [0.05, 0.1) is 18.2 Å². The number of anilines is 1. The average molecular weight is 296 g/mol. The van der Waals surface area contributed by atoms with Crippen LogP contribution in [0.5, 0.6) is 11.5 Å². The molecule has 100 valence electrons. The van der Waals surface area contributed by atoms with E-state index >= 15 is 0 Å². The lowest BCUT2D eigenvalue weighted by atomic mass is 10.2. The summed E-state index contributed by atoms with van der Waals surface area (Å²) in [4.78, 5) is 1.21. The number of nitrogens with one attached hydrogen (secondary N) is 1. The van der Waals surface area contributed by atoms with Crippen LogP contribution in [0.2, 0.25) is 5.02 Å². The van der Waals surface area contributed by atoms with Crippen LogP contribution in [0.25, 0.3) is 0 Å². The van der Waals surface area contributed by atoms with Crippen LogP contribution in [0.1, 0.15) is 11.3 Å². The van der Waals surface area contributed by atoms with Gasteiger partial charge in [-0.3, -0.25) is 0 Å². The molecule has 0 saturated heterocycles. The first-order valence-electron chi connectivity index (χ1n) is 6.18. The molecule has 0 amide bonds. The fraction of sp³-hybridized carbons (Fsp3) is 0.286. The Hall–Kier alpha value is -1.39. The summed E-state index contributed by atoms with van der Waals surface area (Å²) in [5.41, 5.74) is 1.02. The Morgan fingerprint density at radius 3 is 2.79 bits per heavy atom. The molecule has 1 aliphatic rings. The minimum Gasteiger partial charge on any atom is -0.490 e. The minimum absolute atomic E-state index is 0.705. The molecule has 5 heteroatoms. The molecule has 3 rings (SSSR count). The van der Waals surface area contributed by atoms with E-state index in [1.165, 1.54) is 4.88 Å². The largest absolute Gasteiger partial charge is 0.490 e. The van der Waals surface area contributed by atoms with Crippen LogP contribution in [0.3, 0.4) is 0 Å². The predicted octanol–water partition coefficient (Wildman–Crippen LogP) is 4.17. The van der Waals surface area contributed by atoms with Gasteiger partial charge in [0.15, 0.2) is 11.5 Å². The standard InChI is InChI=1S/C14H14ClNO2S/c15-10-6-12(19-9-10)8-16-11-2-3-13-14(7-11)18-5-1-4-17-13/h2-3,6-7,9,16H,1,4-5,8H2. The fourth-order valence-corrected chi connectivity index (χ4v) is 2.92. The SMILES string of the molecule is Clc1csc(CNc2ccc3c(c2)OCCCO3)c1. The Labute approximate surface area is 121 Å². The molecule has 2 aromatic rings. The Kier molecular flexibility index (Phi) is 3.80. The topological polar surface area (TPSA) is 30.5 Å². The van der Waals surface area contributed by atoms with Crippen LogP contribution in [0.15, 0.2) is 29.6 Å². The summed E-state index contributed by atoms with van der Waals surface area (Å²) in [6.07, 6.45) is 0.922. The molecule has 0 aliphatic carbocycles. The summed E-state index contributed by atoms with van der Waals surface area (Å²) in [7, 11) is 0. The normalized spacial score (nSPS) is 13.9. The number of rotatable bonds is 3. The summed E-state index contributed by atoms with van der Waals surface area (Å²) in [5, 5.41) is 6.09. The van der Waals surface area contributed by atoms with E-state index in [9.17, 15) is 0 Å². The van der Waals surface area contributed by atoms with E-state index in [0.717, 1.165) is 35.2 Å². The molecule has 0 unspecified atom stereocenters. The number of hydrogen-bond donors (Lipinski definition) is 1. The van der Waals surface area contributed by atoms with E-state index in [2.05, 4.69) is 5.32 Å². The lowest BCUT2D eigenvalue weighted by Crippen LogP contribution is -1.98. The van der Waals surface area contributed by atoms with Crippen molar-refractivity contribution < 1.29 is 9.47 Å².